The van der Waals surface area contributed by atoms with Crippen LogP contribution >= 0.6 is 0 Å². The van der Waals surface area contributed by atoms with Gasteiger partial charge in [0.2, 0.25) is 5.91 Å². The van der Waals surface area contributed by atoms with Gasteiger partial charge < -0.3 is 14.7 Å². The molecule has 1 aromatic carbocycles. The van der Waals surface area contributed by atoms with Gasteiger partial charge in [-0.15, -0.1) is 13.2 Å². The predicted octanol–water partition coefficient (Wildman–Crippen LogP) is 2.88. The van der Waals surface area contributed by atoms with E-state index in [9.17, 15) is 27.9 Å². The molecular weight excluding hydrogens is 377 g/mol. The fourth-order valence-electron chi connectivity index (χ4n) is 5.02. The van der Waals surface area contributed by atoms with Gasteiger partial charge in [0.15, 0.2) is 0 Å². The number of carbonyl (C=O) groups excluding carboxylic acids is 1. The normalized spacial score (nSPS) is 30.7. The molecule has 4 rings (SSSR count). The second-order valence-electron chi connectivity index (χ2n) is 7.82. The van der Waals surface area contributed by atoms with Gasteiger partial charge in [-0.25, -0.2) is 0 Å². The lowest BCUT2D eigenvalue weighted by Crippen LogP contribution is -2.43. The lowest BCUT2D eigenvalue weighted by atomic mass is 9.81. The van der Waals surface area contributed by atoms with Crippen LogP contribution in [0.25, 0.3) is 0 Å². The van der Waals surface area contributed by atoms with Crippen molar-refractivity contribution in [2.24, 2.45) is 11.3 Å². The van der Waals surface area contributed by atoms with Gasteiger partial charge in [-0.2, -0.15) is 0 Å². The Kier molecular flexibility index (Phi) is 4.52. The number of fused-ring (bicyclic) bond motifs is 1. The Bertz CT molecular complexity index is 800. The van der Waals surface area contributed by atoms with Gasteiger partial charge >= 0.3 is 12.3 Å². The second-order valence-corrected chi connectivity index (χ2v) is 7.82. The molecule has 3 aliphatic rings. The van der Waals surface area contributed by atoms with E-state index in [1.54, 1.807) is 6.07 Å². The van der Waals surface area contributed by atoms with Crippen molar-refractivity contribution >= 4 is 17.6 Å². The second kappa shape index (κ2) is 6.65. The summed E-state index contributed by atoms with van der Waals surface area (Å²) in [7, 11) is 0. The van der Waals surface area contributed by atoms with Crippen LogP contribution in [0.15, 0.2) is 24.3 Å². The van der Waals surface area contributed by atoms with E-state index in [0.29, 0.717) is 38.2 Å². The summed E-state index contributed by atoms with van der Waals surface area (Å²) in [6.07, 6.45) is -1.91. The molecule has 0 spiro atoms. The Hall–Kier alpha value is -2.29. The summed E-state index contributed by atoms with van der Waals surface area (Å²) in [5.41, 5.74) is -0.421. The van der Waals surface area contributed by atoms with E-state index in [1.165, 1.54) is 23.1 Å². The number of hydrogen-bond donors (Lipinski definition) is 1. The minimum absolute atomic E-state index is 0.0513. The molecule has 9 heteroatoms. The van der Waals surface area contributed by atoms with Crippen LogP contribution in [0.4, 0.5) is 18.9 Å². The van der Waals surface area contributed by atoms with Gasteiger partial charge in [0.05, 0.1) is 11.5 Å². The number of alkyl halides is 3. The molecular formula is C19H21F3N2O4. The van der Waals surface area contributed by atoms with Crippen molar-refractivity contribution in [3.63, 3.8) is 0 Å². The van der Waals surface area contributed by atoms with E-state index in [1.807, 2.05) is 4.90 Å². The van der Waals surface area contributed by atoms with Crippen molar-refractivity contribution in [1.29, 1.82) is 0 Å². The lowest BCUT2D eigenvalue weighted by Gasteiger charge is -2.26. The average molecular weight is 398 g/mol. The number of halogens is 3. The molecule has 1 aromatic rings. The number of rotatable bonds is 4. The Balaban J connectivity index is 1.49. The van der Waals surface area contributed by atoms with E-state index in [2.05, 4.69) is 4.74 Å². The van der Waals surface area contributed by atoms with Crippen molar-refractivity contribution in [2.75, 3.05) is 24.5 Å². The maximum atomic E-state index is 13.0. The topological polar surface area (TPSA) is 70.1 Å². The van der Waals surface area contributed by atoms with Crippen LogP contribution in [-0.4, -0.2) is 53.9 Å². The summed E-state index contributed by atoms with van der Waals surface area (Å²) in [5.74, 6) is -1.32. The molecule has 0 bridgehead atoms. The van der Waals surface area contributed by atoms with E-state index < -0.39 is 23.8 Å². The maximum absolute atomic E-state index is 13.0. The van der Waals surface area contributed by atoms with Gasteiger partial charge in [-0.05, 0) is 37.3 Å². The largest absolute Gasteiger partial charge is 0.573 e. The molecule has 0 radical (unpaired) electrons. The third-order valence-electron chi connectivity index (χ3n) is 6.30. The smallest absolute Gasteiger partial charge is 0.481 e. The highest BCUT2D eigenvalue weighted by molar-refractivity contribution is 5.99. The molecule has 28 heavy (non-hydrogen) atoms. The molecule has 2 saturated heterocycles. The number of carboxylic acid groups (broad SMARTS) is 1. The fraction of sp³-hybridized carbons (Fsp3) is 0.579. The molecule has 2 aliphatic heterocycles. The standard InChI is InChI=1S/C19H21F3N2O4/c20-19(21,22)28-14-5-1-4-13(9-14)24-8-6-15(16(24)25)23-10-12-3-2-7-18(12,11-23)17(26)27/h1,4-5,9,12,15H,2-3,6-8,10-11H2,(H,26,27)/t12-,15?,18+/m0/s1. The fourth-order valence-corrected chi connectivity index (χ4v) is 5.02. The van der Waals surface area contributed by atoms with Crippen LogP contribution in [0.3, 0.4) is 0 Å². The van der Waals surface area contributed by atoms with Gasteiger partial charge in [-0.3, -0.25) is 14.5 Å². The molecule has 1 saturated carbocycles. The number of ether oxygens (including phenoxy) is 1. The SMILES string of the molecule is O=C1C(N2C[C@@H]3CCC[C@@]3(C(=O)O)C2)CCN1c1cccc(OC(F)(F)F)c1. The minimum Gasteiger partial charge on any atom is -0.481 e. The van der Waals surface area contributed by atoms with E-state index in [4.69, 9.17) is 0 Å². The number of amides is 1. The van der Waals surface area contributed by atoms with Crippen molar-refractivity contribution in [3.8, 4) is 5.75 Å². The quantitative estimate of drug-likeness (QED) is 0.845. The third kappa shape index (κ3) is 3.21. The Morgan fingerprint density at radius 3 is 2.75 bits per heavy atom. The maximum Gasteiger partial charge on any atom is 0.573 e. The van der Waals surface area contributed by atoms with Crippen LogP contribution in [0, 0.1) is 11.3 Å². The van der Waals surface area contributed by atoms with E-state index in [0.717, 1.165) is 12.8 Å². The first kappa shape index (κ1) is 19.0. The first-order valence-corrected chi connectivity index (χ1v) is 9.34. The molecule has 1 unspecified atom stereocenters. The van der Waals surface area contributed by atoms with Crippen LogP contribution in [-0.2, 0) is 9.59 Å². The Morgan fingerprint density at radius 1 is 1.29 bits per heavy atom. The van der Waals surface area contributed by atoms with Crippen molar-refractivity contribution in [3.05, 3.63) is 24.3 Å². The van der Waals surface area contributed by atoms with E-state index in [-0.39, 0.29) is 17.6 Å². The summed E-state index contributed by atoms with van der Waals surface area (Å²) in [6.45, 7) is 1.31. The molecule has 6 nitrogen and oxygen atoms in total. The number of benzene rings is 1. The number of likely N-dealkylation sites (tertiary alicyclic amines) is 1. The average Bonchev–Trinajstić information content (AvgIpc) is 3.25. The summed E-state index contributed by atoms with van der Waals surface area (Å²) in [5, 5.41) is 9.73. The molecule has 152 valence electrons. The minimum atomic E-state index is -4.80. The number of hydrogen-bond acceptors (Lipinski definition) is 4. The predicted molar refractivity (Wildman–Crippen MR) is 92.9 cm³/mol. The molecule has 3 atom stereocenters. The van der Waals surface area contributed by atoms with Crippen LogP contribution in [0.1, 0.15) is 25.7 Å². The van der Waals surface area contributed by atoms with Gasteiger partial charge in [0.25, 0.3) is 0 Å². The zero-order valence-corrected chi connectivity index (χ0v) is 15.1. The van der Waals surface area contributed by atoms with Gasteiger partial charge in [-0.1, -0.05) is 12.5 Å². The molecule has 2 heterocycles. The monoisotopic (exact) mass is 398 g/mol. The number of nitrogens with zero attached hydrogens (tertiary/aromatic N) is 2. The number of anilines is 1. The van der Waals surface area contributed by atoms with Crippen LogP contribution in [0.2, 0.25) is 0 Å². The summed E-state index contributed by atoms with van der Waals surface area (Å²) >= 11 is 0. The molecule has 1 aliphatic carbocycles. The van der Waals surface area contributed by atoms with Crippen molar-refractivity contribution < 1.29 is 32.6 Å². The summed E-state index contributed by atoms with van der Waals surface area (Å²) < 4.78 is 41.3. The van der Waals surface area contributed by atoms with E-state index >= 15 is 0 Å². The molecule has 1 N–H and O–H groups in total. The van der Waals surface area contributed by atoms with Gasteiger partial charge in [0.1, 0.15) is 5.75 Å². The number of aliphatic carboxylic acids is 1. The third-order valence-corrected chi connectivity index (χ3v) is 6.30. The van der Waals surface area contributed by atoms with Crippen molar-refractivity contribution in [1.82, 2.24) is 4.90 Å². The zero-order chi connectivity index (χ0) is 20.1. The molecule has 1 amide bonds. The number of carbonyl (C=O) groups is 2. The Labute approximate surface area is 159 Å². The summed E-state index contributed by atoms with van der Waals surface area (Å²) in [6, 6.07) is 4.94. The van der Waals surface area contributed by atoms with Crippen LogP contribution in [0.5, 0.6) is 5.75 Å². The highest BCUT2D eigenvalue weighted by Crippen LogP contribution is 2.50. The van der Waals surface area contributed by atoms with Gasteiger partial charge in [0, 0.05) is 31.4 Å². The number of carboxylic acids is 1. The molecule has 0 aromatic heterocycles. The summed E-state index contributed by atoms with van der Waals surface area (Å²) in [4.78, 5) is 28.2. The first-order chi connectivity index (χ1) is 13.2. The zero-order valence-electron chi connectivity index (χ0n) is 15.1. The Morgan fingerprint density at radius 2 is 2.07 bits per heavy atom. The highest BCUT2D eigenvalue weighted by Gasteiger charge is 2.57. The van der Waals surface area contributed by atoms with Crippen LogP contribution < -0.4 is 9.64 Å². The highest BCUT2D eigenvalue weighted by atomic mass is 19.4. The van der Waals surface area contributed by atoms with Crippen molar-refractivity contribution in [2.45, 2.75) is 38.1 Å². The lowest BCUT2D eigenvalue weighted by molar-refractivity contribution is -0.274. The molecule has 3 fully saturated rings. The first-order valence-electron chi connectivity index (χ1n) is 9.34.